The molecule has 4 fully saturated rings. The van der Waals surface area contributed by atoms with Crippen molar-refractivity contribution in [1.29, 1.82) is 0 Å². The molecule has 4 bridgehead atoms. The minimum absolute atomic E-state index is 0.0405. The van der Waals surface area contributed by atoms with Gasteiger partial charge in [-0.25, -0.2) is 0 Å². The van der Waals surface area contributed by atoms with Gasteiger partial charge in [-0.2, -0.15) is 0 Å². The molecule has 2 N–H and O–H groups in total. The summed E-state index contributed by atoms with van der Waals surface area (Å²) in [6.45, 7) is 3.85. The van der Waals surface area contributed by atoms with Crippen LogP contribution in [0.4, 0.5) is 0 Å². The highest BCUT2D eigenvalue weighted by atomic mass is 16.2. The third kappa shape index (κ3) is 4.54. The van der Waals surface area contributed by atoms with E-state index < -0.39 is 0 Å². The number of hydrogen-bond acceptors (Lipinski definition) is 3. The molecule has 4 aliphatic rings. The molecule has 0 saturated heterocycles. The lowest BCUT2D eigenvalue weighted by Gasteiger charge is -2.56. The summed E-state index contributed by atoms with van der Waals surface area (Å²) in [6, 6.07) is 5.76. The average Bonchev–Trinajstić information content (AvgIpc) is 2.65. The van der Waals surface area contributed by atoms with Gasteiger partial charge in [0.1, 0.15) is 0 Å². The van der Waals surface area contributed by atoms with Crippen LogP contribution in [0.2, 0.25) is 0 Å². The molecule has 5 rings (SSSR count). The normalized spacial score (nSPS) is 29.5. The summed E-state index contributed by atoms with van der Waals surface area (Å²) in [5.41, 5.74) is 7.87. The van der Waals surface area contributed by atoms with E-state index in [1.54, 1.807) is 0 Å². The summed E-state index contributed by atoms with van der Waals surface area (Å²) in [7, 11) is 0. The lowest BCUT2D eigenvalue weighted by Crippen LogP contribution is -2.50. The number of carbonyl (C=O) groups is 3. The highest BCUT2D eigenvalue weighted by Gasteiger charge is 2.51. The van der Waals surface area contributed by atoms with Crippen molar-refractivity contribution in [3.63, 3.8) is 0 Å². The van der Waals surface area contributed by atoms with E-state index in [9.17, 15) is 14.4 Å². The molecule has 4 saturated carbocycles. The first-order valence-corrected chi connectivity index (χ1v) is 11.0. The summed E-state index contributed by atoms with van der Waals surface area (Å²) in [5.74, 6) is 1.96. The predicted octanol–water partition coefficient (Wildman–Crippen LogP) is 4.02. The number of ketones is 1. The Hall–Kier alpha value is -2.17. The van der Waals surface area contributed by atoms with Crippen molar-refractivity contribution in [3.05, 3.63) is 34.9 Å². The van der Waals surface area contributed by atoms with Gasteiger partial charge >= 0.3 is 0 Å². The number of nitrogens with one attached hydrogen (secondary N) is 2. The van der Waals surface area contributed by atoms with Gasteiger partial charge in [0.15, 0.2) is 5.78 Å². The summed E-state index contributed by atoms with van der Waals surface area (Å²) in [5, 5.41) is 0. The number of benzene rings is 1. The first-order valence-electron chi connectivity index (χ1n) is 11.0. The molecule has 5 heteroatoms. The van der Waals surface area contributed by atoms with Gasteiger partial charge in [0, 0.05) is 24.8 Å². The summed E-state index contributed by atoms with van der Waals surface area (Å²) < 4.78 is 0. The van der Waals surface area contributed by atoms with Crippen molar-refractivity contribution in [3.8, 4) is 0 Å². The molecule has 156 valence electrons. The zero-order valence-corrected chi connectivity index (χ0v) is 17.6. The molecule has 5 nitrogen and oxygen atoms in total. The van der Waals surface area contributed by atoms with Crippen LogP contribution >= 0.6 is 0 Å². The Morgan fingerprint density at radius 1 is 0.897 bits per heavy atom. The second kappa shape index (κ2) is 7.92. The van der Waals surface area contributed by atoms with Crippen LogP contribution in [-0.4, -0.2) is 17.6 Å². The van der Waals surface area contributed by atoms with E-state index in [1.807, 2.05) is 32.0 Å². The fourth-order valence-electron chi connectivity index (χ4n) is 6.49. The van der Waals surface area contributed by atoms with Crippen molar-refractivity contribution in [2.45, 2.75) is 71.6 Å². The first-order chi connectivity index (χ1) is 13.8. The molecule has 0 aromatic heterocycles. The third-order valence-corrected chi connectivity index (χ3v) is 7.31. The zero-order chi connectivity index (χ0) is 20.6. The highest BCUT2D eigenvalue weighted by molar-refractivity contribution is 5.99. The monoisotopic (exact) mass is 396 g/mol. The fraction of sp³-hybridized carbons (Fsp3) is 0.625. The van der Waals surface area contributed by atoms with Crippen LogP contribution in [0.1, 0.15) is 79.3 Å². The molecule has 0 radical (unpaired) electrons. The molecule has 0 unspecified atom stereocenters. The number of rotatable bonds is 6. The molecule has 1 aromatic rings. The van der Waals surface area contributed by atoms with Crippen LogP contribution in [0.15, 0.2) is 18.2 Å². The minimum atomic E-state index is -0.317. The Kier molecular flexibility index (Phi) is 5.50. The maximum atomic E-state index is 12.5. The maximum absolute atomic E-state index is 12.5. The Balaban J connectivity index is 1.22. The van der Waals surface area contributed by atoms with Gasteiger partial charge in [0.2, 0.25) is 11.8 Å². The third-order valence-electron chi connectivity index (χ3n) is 7.31. The van der Waals surface area contributed by atoms with Crippen LogP contribution in [0, 0.1) is 37.0 Å². The molecular weight excluding hydrogens is 364 g/mol. The van der Waals surface area contributed by atoms with Gasteiger partial charge in [-0.1, -0.05) is 17.7 Å². The number of hydrazine groups is 1. The number of carbonyl (C=O) groups excluding carboxylic acids is 3. The van der Waals surface area contributed by atoms with Gasteiger partial charge in [0.05, 0.1) is 0 Å². The quantitative estimate of drug-likeness (QED) is 0.563. The van der Waals surface area contributed by atoms with E-state index in [2.05, 4.69) is 10.9 Å². The fourth-order valence-corrected chi connectivity index (χ4v) is 6.49. The van der Waals surface area contributed by atoms with Gasteiger partial charge in [-0.3, -0.25) is 25.2 Å². The number of amides is 2. The van der Waals surface area contributed by atoms with Crippen molar-refractivity contribution in [2.75, 3.05) is 0 Å². The van der Waals surface area contributed by atoms with E-state index in [4.69, 9.17) is 0 Å². The minimum Gasteiger partial charge on any atom is -0.294 e. The van der Waals surface area contributed by atoms with Gasteiger partial charge in [-0.15, -0.1) is 0 Å². The SMILES string of the molecule is Cc1ccc(C)c(C(=O)CCC(=O)NNC(=O)CC23CC4CC(CC(C4)C2)C3)c1. The Bertz CT molecular complexity index is 794. The largest absolute Gasteiger partial charge is 0.294 e. The average molecular weight is 397 g/mol. The van der Waals surface area contributed by atoms with Gasteiger partial charge in [0.25, 0.3) is 0 Å². The highest BCUT2D eigenvalue weighted by Crippen LogP contribution is 2.61. The molecular formula is C24H32N2O3. The number of hydrogen-bond donors (Lipinski definition) is 2. The van der Waals surface area contributed by atoms with E-state index in [0.29, 0.717) is 12.0 Å². The lowest BCUT2D eigenvalue weighted by atomic mass is 9.49. The van der Waals surface area contributed by atoms with Crippen molar-refractivity contribution >= 4 is 17.6 Å². The van der Waals surface area contributed by atoms with E-state index in [1.165, 1.54) is 38.5 Å². The lowest BCUT2D eigenvalue weighted by molar-refractivity contribution is -0.134. The molecule has 0 spiro atoms. The standard InChI is InChI=1S/C24H32N2O3/c1-15-3-4-16(2)20(7-15)21(27)5-6-22(28)25-26-23(29)14-24-11-17-8-18(12-24)10-19(9-17)13-24/h3-4,7,17-19H,5-6,8-14H2,1-2H3,(H,25,28)(H,26,29). The summed E-state index contributed by atoms with van der Waals surface area (Å²) in [4.78, 5) is 37.0. The van der Waals surface area contributed by atoms with Crippen LogP contribution in [0.5, 0.6) is 0 Å². The van der Waals surface area contributed by atoms with E-state index >= 15 is 0 Å². The Labute approximate surface area is 173 Å². The van der Waals surface area contributed by atoms with Crippen molar-refractivity contribution in [2.24, 2.45) is 23.2 Å². The molecule has 1 aromatic carbocycles. The zero-order valence-electron chi connectivity index (χ0n) is 17.6. The Morgan fingerprint density at radius 2 is 1.48 bits per heavy atom. The van der Waals surface area contributed by atoms with E-state index in [-0.39, 0.29) is 35.9 Å². The van der Waals surface area contributed by atoms with Gasteiger partial charge < -0.3 is 0 Å². The van der Waals surface area contributed by atoms with Crippen LogP contribution in [-0.2, 0) is 9.59 Å². The summed E-state index contributed by atoms with van der Waals surface area (Å²) in [6.07, 6.45) is 8.30. The molecule has 0 atom stereocenters. The predicted molar refractivity (Wildman–Crippen MR) is 111 cm³/mol. The second-order valence-corrected chi connectivity index (χ2v) is 9.93. The molecule has 0 heterocycles. The van der Waals surface area contributed by atoms with Gasteiger partial charge in [-0.05, 0) is 87.2 Å². The van der Waals surface area contributed by atoms with Crippen LogP contribution in [0.25, 0.3) is 0 Å². The van der Waals surface area contributed by atoms with Crippen molar-refractivity contribution < 1.29 is 14.4 Å². The first kappa shape index (κ1) is 20.1. The van der Waals surface area contributed by atoms with Crippen LogP contribution in [0.3, 0.4) is 0 Å². The van der Waals surface area contributed by atoms with E-state index in [0.717, 1.165) is 28.9 Å². The molecule has 4 aliphatic carbocycles. The van der Waals surface area contributed by atoms with Crippen molar-refractivity contribution in [1.82, 2.24) is 10.9 Å². The van der Waals surface area contributed by atoms with Crippen LogP contribution < -0.4 is 10.9 Å². The molecule has 0 aliphatic heterocycles. The molecule has 2 amide bonds. The topological polar surface area (TPSA) is 75.3 Å². The number of Topliss-reactive ketones (excluding diaryl/α,β-unsaturated/α-hetero) is 1. The Morgan fingerprint density at radius 3 is 2.10 bits per heavy atom. The maximum Gasteiger partial charge on any atom is 0.238 e. The summed E-state index contributed by atoms with van der Waals surface area (Å²) >= 11 is 0. The second-order valence-electron chi connectivity index (χ2n) is 9.93. The molecule has 29 heavy (non-hydrogen) atoms. The number of aryl methyl sites for hydroxylation is 2. The smallest absolute Gasteiger partial charge is 0.238 e.